The molecular formula is C20H22F2OS. The summed E-state index contributed by atoms with van der Waals surface area (Å²) in [5.74, 6) is -0.414. The molecule has 1 saturated carbocycles. The Labute approximate surface area is 144 Å². The van der Waals surface area contributed by atoms with E-state index in [1.54, 1.807) is 30.5 Å². The average Bonchev–Trinajstić information content (AvgIpc) is 2.59. The molecule has 0 spiro atoms. The van der Waals surface area contributed by atoms with Gasteiger partial charge in [0.15, 0.2) is 0 Å². The molecular weight excluding hydrogens is 326 g/mol. The maximum atomic E-state index is 13.4. The van der Waals surface area contributed by atoms with Crippen molar-refractivity contribution in [1.29, 1.82) is 0 Å². The van der Waals surface area contributed by atoms with Crippen molar-refractivity contribution in [2.45, 2.75) is 36.9 Å². The standard InChI is InChI=1S/C20H22F2OS/c1-24(23)20(15-5-3-2-4-6-15,16-7-11-18(21)12-8-16)17-9-13-19(22)14-10-17/h7-15H,2-6H2,1H3. The molecule has 0 saturated heterocycles. The summed E-state index contributed by atoms with van der Waals surface area (Å²) in [6.07, 6.45) is 7.07. The molecule has 0 amide bonds. The maximum absolute atomic E-state index is 13.4. The van der Waals surface area contributed by atoms with E-state index in [0.717, 1.165) is 36.8 Å². The van der Waals surface area contributed by atoms with Crippen molar-refractivity contribution in [2.24, 2.45) is 5.92 Å². The summed E-state index contributed by atoms with van der Waals surface area (Å²) in [6.45, 7) is 0. The van der Waals surface area contributed by atoms with Crippen molar-refractivity contribution in [2.75, 3.05) is 6.26 Å². The Hall–Kier alpha value is -1.55. The summed E-state index contributed by atoms with van der Waals surface area (Å²) in [5, 5.41) is 0. The predicted molar refractivity (Wildman–Crippen MR) is 94.2 cm³/mol. The maximum Gasteiger partial charge on any atom is 0.123 e. The van der Waals surface area contributed by atoms with E-state index in [1.165, 1.54) is 30.7 Å². The van der Waals surface area contributed by atoms with Gasteiger partial charge in [-0.1, -0.05) is 43.5 Å². The summed E-state index contributed by atoms with van der Waals surface area (Å²) >= 11 is 0. The molecule has 0 bridgehead atoms. The highest BCUT2D eigenvalue weighted by Gasteiger charge is 2.45. The molecule has 128 valence electrons. The Morgan fingerprint density at radius 2 is 1.25 bits per heavy atom. The van der Waals surface area contributed by atoms with Crippen LogP contribution in [0.25, 0.3) is 0 Å². The lowest BCUT2D eigenvalue weighted by molar-refractivity contribution is 0.302. The van der Waals surface area contributed by atoms with Gasteiger partial charge in [-0.2, -0.15) is 0 Å². The quantitative estimate of drug-likeness (QED) is 0.745. The first kappa shape index (κ1) is 17.3. The molecule has 0 radical (unpaired) electrons. The van der Waals surface area contributed by atoms with E-state index >= 15 is 0 Å². The Morgan fingerprint density at radius 3 is 1.62 bits per heavy atom. The van der Waals surface area contributed by atoms with Gasteiger partial charge in [0, 0.05) is 17.1 Å². The van der Waals surface area contributed by atoms with Gasteiger partial charge >= 0.3 is 0 Å². The van der Waals surface area contributed by atoms with E-state index in [-0.39, 0.29) is 17.6 Å². The van der Waals surface area contributed by atoms with Crippen LogP contribution in [0.5, 0.6) is 0 Å². The highest BCUT2D eigenvalue weighted by Crippen LogP contribution is 2.48. The lowest BCUT2D eigenvalue weighted by Gasteiger charge is -2.42. The first-order chi connectivity index (χ1) is 11.5. The summed E-state index contributed by atoms with van der Waals surface area (Å²) in [5.41, 5.74) is 1.70. The monoisotopic (exact) mass is 348 g/mol. The number of hydrogen-bond donors (Lipinski definition) is 0. The van der Waals surface area contributed by atoms with E-state index in [2.05, 4.69) is 0 Å². The second-order valence-electron chi connectivity index (χ2n) is 6.54. The summed E-state index contributed by atoms with van der Waals surface area (Å²) in [7, 11) is -1.22. The van der Waals surface area contributed by atoms with Crippen LogP contribution in [0.4, 0.5) is 8.78 Å². The lowest BCUT2D eigenvalue weighted by atomic mass is 9.72. The molecule has 2 aromatic rings. The number of halogens is 2. The van der Waals surface area contributed by atoms with Crippen LogP contribution in [0.3, 0.4) is 0 Å². The van der Waals surface area contributed by atoms with Gasteiger partial charge in [-0.15, -0.1) is 0 Å². The van der Waals surface area contributed by atoms with Gasteiger partial charge in [-0.25, -0.2) is 8.78 Å². The zero-order chi connectivity index (χ0) is 17.2. The van der Waals surface area contributed by atoms with Crippen LogP contribution in [0.1, 0.15) is 43.2 Å². The third-order valence-corrected chi connectivity index (χ3v) is 6.89. The van der Waals surface area contributed by atoms with Gasteiger partial charge < -0.3 is 0 Å². The van der Waals surface area contributed by atoms with E-state index in [4.69, 9.17) is 0 Å². The Kier molecular flexibility index (Phi) is 5.14. The molecule has 0 aliphatic heterocycles. The van der Waals surface area contributed by atoms with Gasteiger partial charge in [0.05, 0.1) is 4.75 Å². The van der Waals surface area contributed by atoms with Crippen LogP contribution in [0.2, 0.25) is 0 Å². The van der Waals surface area contributed by atoms with Crippen molar-refractivity contribution in [3.8, 4) is 0 Å². The fourth-order valence-electron chi connectivity index (χ4n) is 4.11. The van der Waals surface area contributed by atoms with Crippen molar-refractivity contribution in [3.63, 3.8) is 0 Å². The molecule has 4 heteroatoms. The van der Waals surface area contributed by atoms with E-state index in [1.807, 2.05) is 0 Å². The molecule has 0 aromatic heterocycles. The zero-order valence-electron chi connectivity index (χ0n) is 13.8. The second kappa shape index (κ2) is 7.14. The number of hydrogen-bond acceptors (Lipinski definition) is 1. The molecule has 1 unspecified atom stereocenters. The SMILES string of the molecule is CS(=O)C(c1ccc(F)cc1)(c1ccc(F)cc1)C1CCCCC1. The van der Waals surface area contributed by atoms with Crippen LogP contribution < -0.4 is 0 Å². The van der Waals surface area contributed by atoms with E-state index in [9.17, 15) is 13.0 Å². The first-order valence-electron chi connectivity index (χ1n) is 8.40. The van der Waals surface area contributed by atoms with Gasteiger partial charge in [0.25, 0.3) is 0 Å². The zero-order valence-corrected chi connectivity index (χ0v) is 14.6. The highest BCUT2D eigenvalue weighted by molar-refractivity contribution is 7.85. The minimum atomic E-state index is -1.22. The average molecular weight is 348 g/mol. The van der Waals surface area contributed by atoms with Crippen molar-refractivity contribution in [3.05, 3.63) is 71.3 Å². The third kappa shape index (κ3) is 3.04. The summed E-state index contributed by atoms with van der Waals surface area (Å²) in [6, 6.07) is 12.6. The van der Waals surface area contributed by atoms with Crippen LogP contribution in [-0.2, 0) is 15.5 Å². The molecule has 0 heterocycles. The summed E-state index contributed by atoms with van der Waals surface area (Å²) < 4.78 is 39.2. The van der Waals surface area contributed by atoms with Gasteiger partial charge in [0.2, 0.25) is 0 Å². The molecule has 3 rings (SSSR count). The van der Waals surface area contributed by atoms with Crippen LogP contribution in [0.15, 0.2) is 48.5 Å². The summed E-state index contributed by atoms with van der Waals surface area (Å²) in [4.78, 5) is 0. The Bertz CT molecular complexity index is 658. The second-order valence-corrected chi connectivity index (χ2v) is 8.09. The smallest absolute Gasteiger partial charge is 0.123 e. The molecule has 1 aliphatic carbocycles. The van der Waals surface area contributed by atoms with E-state index in [0.29, 0.717) is 0 Å². The van der Waals surface area contributed by atoms with Crippen molar-refractivity contribution >= 4 is 10.8 Å². The van der Waals surface area contributed by atoms with Gasteiger partial charge in [0.1, 0.15) is 11.6 Å². The first-order valence-corrected chi connectivity index (χ1v) is 9.96. The fraction of sp³-hybridized carbons (Fsp3) is 0.400. The molecule has 2 aromatic carbocycles. The lowest BCUT2D eigenvalue weighted by Crippen LogP contribution is -2.41. The molecule has 1 fully saturated rings. The number of benzene rings is 2. The molecule has 1 nitrogen and oxygen atoms in total. The Morgan fingerprint density at radius 1 is 0.833 bits per heavy atom. The fourth-order valence-corrected chi connectivity index (χ4v) is 5.75. The largest absolute Gasteiger partial charge is 0.259 e. The molecule has 24 heavy (non-hydrogen) atoms. The van der Waals surface area contributed by atoms with Crippen molar-refractivity contribution < 1.29 is 13.0 Å². The normalized spacial score (nSPS) is 17.6. The molecule has 1 atom stereocenters. The van der Waals surface area contributed by atoms with Crippen LogP contribution in [0, 0.1) is 17.6 Å². The van der Waals surface area contributed by atoms with Crippen molar-refractivity contribution in [1.82, 2.24) is 0 Å². The molecule has 1 aliphatic rings. The minimum absolute atomic E-state index is 0.202. The van der Waals surface area contributed by atoms with Gasteiger partial charge in [-0.3, -0.25) is 4.21 Å². The predicted octanol–water partition coefficient (Wildman–Crippen LogP) is 5.17. The number of rotatable bonds is 4. The third-order valence-electron chi connectivity index (χ3n) is 5.18. The van der Waals surface area contributed by atoms with E-state index < -0.39 is 15.5 Å². The Balaban J connectivity index is 2.21. The minimum Gasteiger partial charge on any atom is -0.259 e. The highest BCUT2D eigenvalue weighted by atomic mass is 32.2. The topological polar surface area (TPSA) is 17.1 Å². The van der Waals surface area contributed by atoms with Crippen LogP contribution >= 0.6 is 0 Å². The molecule has 0 N–H and O–H groups in total. The van der Waals surface area contributed by atoms with Crippen LogP contribution in [-0.4, -0.2) is 10.5 Å². The van der Waals surface area contributed by atoms with Gasteiger partial charge in [-0.05, 0) is 54.2 Å².